The van der Waals surface area contributed by atoms with Gasteiger partial charge in [0.1, 0.15) is 0 Å². The molecule has 64 valence electrons. The van der Waals surface area contributed by atoms with Gasteiger partial charge in [0.15, 0.2) is 0 Å². The van der Waals surface area contributed by atoms with Crippen LogP contribution in [0.4, 0.5) is 0 Å². The average Bonchev–Trinajstić information content (AvgIpc) is 2.29. The topological polar surface area (TPSA) is 20.2 Å². The molecule has 1 unspecified atom stereocenters. The van der Waals surface area contributed by atoms with Crippen molar-refractivity contribution in [3.8, 4) is 0 Å². The highest BCUT2D eigenvalue weighted by molar-refractivity contribution is 5.29. The van der Waals surface area contributed by atoms with E-state index in [9.17, 15) is 5.11 Å². The molecule has 0 radical (unpaired) electrons. The molecule has 1 nitrogen and oxygen atoms in total. The van der Waals surface area contributed by atoms with Crippen LogP contribution in [0.5, 0.6) is 0 Å². The van der Waals surface area contributed by atoms with Crippen molar-refractivity contribution in [1.29, 1.82) is 0 Å². The van der Waals surface area contributed by atoms with Crippen molar-refractivity contribution >= 4 is 0 Å². The number of rotatable bonds is 0. The first-order chi connectivity index (χ1) is 5.88. The van der Waals surface area contributed by atoms with E-state index in [1.165, 1.54) is 12.0 Å². The zero-order valence-electron chi connectivity index (χ0n) is 7.16. The molecule has 0 fully saturated rings. The summed E-state index contributed by atoms with van der Waals surface area (Å²) in [6, 6.07) is 8.24. The van der Waals surface area contributed by atoms with Crippen molar-refractivity contribution in [1.82, 2.24) is 0 Å². The summed E-state index contributed by atoms with van der Waals surface area (Å²) in [5, 5.41) is 9.74. The molecule has 1 N–H and O–H groups in total. The van der Waals surface area contributed by atoms with Crippen LogP contribution in [-0.4, -0.2) is 5.11 Å². The Morgan fingerprint density at radius 2 is 2.00 bits per heavy atom. The van der Waals surface area contributed by atoms with Gasteiger partial charge in [-0.15, -0.1) is 0 Å². The quantitative estimate of drug-likeness (QED) is 0.581. The number of aliphatic hydroxyl groups excluding tert-OH is 1. The van der Waals surface area contributed by atoms with Crippen molar-refractivity contribution in [2.24, 2.45) is 0 Å². The third-order valence-electron chi connectivity index (χ3n) is 2.59. The number of aliphatic hydroxyl groups is 1. The molecule has 1 atom stereocenters. The maximum Gasteiger partial charge on any atom is 0.0792 e. The van der Waals surface area contributed by atoms with E-state index in [0.29, 0.717) is 0 Å². The summed E-state index contributed by atoms with van der Waals surface area (Å²) in [5.74, 6) is 0. The first kappa shape index (κ1) is 7.81. The largest absolute Gasteiger partial charge is 0.388 e. The fourth-order valence-electron chi connectivity index (χ4n) is 1.90. The molecule has 0 saturated heterocycles. The van der Waals surface area contributed by atoms with Crippen LogP contribution >= 0.6 is 0 Å². The van der Waals surface area contributed by atoms with Crippen LogP contribution in [0.1, 0.15) is 36.5 Å². The molecule has 1 aromatic carbocycles. The van der Waals surface area contributed by atoms with E-state index >= 15 is 0 Å². The second-order valence-corrected chi connectivity index (χ2v) is 3.46. The lowest BCUT2D eigenvalue weighted by molar-refractivity contribution is 0.166. The highest BCUT2D eigenvalue weighted by Crippen LogP contribution is 2.27. The standard InChI is InChI=1S/C11H14O/c12-11-8-4-2-6-9-5-1-3-7-10(9)11/h1,3,5,7,11-12H,2,4,6,8H2. The second kappa shape index (κ2) is 3.28. The van der Waals surface area contributed by atoms with Gasteiger partial charge in [-0.1, -0.05) is 30.7 Å². The second-order valence-electron chi connectivity index (χ2n) is 3.46. The van der Waals surface area contributed by atoms with Gasteiger partial charge in [0.05, 0.1) is 6.10 Å². The van der Waals surface area contributed by atoms with Crippen LogP contribution in [-0.2, 0) is 6.42 Å². The molecule has 1 aromatic rings. The number of aryl methyl sites for hydroxylation is 1. The Labute approximate surface area is 73.0 Å². The normalized spacial score (nSPS) is 22.9. The fourth-order valence-corrected chi connectivity index (χ4v) is 1.90. The maximum absolute atomic E-state index is 9.74. The minimum absolute atomic E-state index is 0.219. The van der Waals surface area contributed by atoms with Crippen molar-refractivity contribution in [3.63, 3.8) is 0 Å². The first-order valence-corrected chi connectivity index (χ1v) is 4.64. The van der Waals surface area contributed by atoms with Gasteiger partial charge in [0.25, 0.3) is 0 Å². The maximum atomic E-state index is 9.74. The third-order valence-corrected chi connectivity index (χ3v) is 2.59. The molecule has 2 rings (SSSR count). The molecular weight excluding hydrogens is 148 g/mol. The van der Waals surface area contributed by atoms with E-state index in [1.54, 1.807) is 0 Å². The monoisotopic (exact) mass is 162 g/mol. The van der Waals surface area contributed by atoms with Gasteiger partial charge in [-0.3, -0.25) is 0 Å². The highest BCUT2D eigenvalue weighted by atomic mass is 16.3. The summed E-state index contributed by atoms with van der Waals surface area (Å²) >= 11 is 0. The van der Waals surface area contributed by atoms with E-state index in [4.69, 9.17) is 0 Å². The molecule has 0 heterocycles. The van der Waals surface area contributed by atoms with Gasteiger partial charge in [0.2, 0.25) is 0 Å². The molecule has 0 spiro atoms. The lowest BCUT2D eigenvalue weighted by Crippen LogP contribution is -1.97. The lowest BCUT2D eigenvalue weighted by Gasteiger charge is -2.10. The molecule has 0 aliphatic heterocycles. The molecule has 1 aliphatic carbocycles. The summed E-state index contributed by atoms with van der Waals surface area (Å²) in [6.45, 7) is 0. The van der Waals surface area contributed by atoms with Crippen LogP contribution < -0.4 is 0 Å². The van der Waals surface area contributed by atoms with Crippen LogP contribution in [0.15, 0.2) is 24.3 Å². The Bertz CT molecular complexity index is 267. The number of hydrogen-bond acceptors (Lipinski definition) is 1. The Kier molecular flexibility index (Phi) is 2.13. The van der Waals surface area contributed by atoms with Crippen LogP contribution in [0.2, 0.25) is 0 Å². The molecular formula is C11H14O. The Balaban J connectivity index is 2.39. The van der Waals surface area contributed by atoms with Crippen LogP contribution in [0, 0.1) is 0 Å². The molecule has 0 amide bonds. The van der Waals surface area contributed by atoms with Crippen LogP contribution in [0.25, 0.3) is 0 Å². The minimum atomic E-state index is -0.219. The van der Waals surface area contributed by atoms with Gasteiger partial charge in [-0.05, 0) is 30.4 Å². The van der Waals surface area contributed by atoms with Gasteiger partial charge >= 0.3 is 0 Å². The fraction of sp³-hybridized carbons (Fsp3) is 0.455. The number of hydrogen-bond donors (Lipinski definition) is 1. The van der Waals surface area contributed by atoms with Crippen LogP contribution in [0.3, 0.4) is 0 Å². The number of benzene rings is 1. The third kappa shape index (κ3) is 1.37. The van der Waals surface area contributed by atoms with Crippen molar-refractivity contribution in [2.75, 3.05) is 0 Å². The molecule has 1 heteroatoms. The summed E-state index contributed by atoms with van der Waals surface area (Å²) < 4.78 is 0. The lowest BCUT2D eigenvalue weighted by atomic mass is 10.0. The van der Waals surface area contributed by atoms with E-state index in [0.717, 1.165) is 24.8 Å². The molecule has 12 heavy (non-hydrogen) atoms. The van der Waals surface area contributed by atoms with E-state index < -0.39 is 0 Å². The van der Waals surface area contributed by atoms with Gasteiger partial charge in [-0.25, -0.2) is 0 Å². The molecule has 0 saturated carbocycles. The van der Waals surface area contributed by atoms with Crippen molar-refractivity contribution in [2.45, 2.75) is 31.8 Å². The van der Waals surface area contributed by atoms with Gasteiger partial charge in [0, 0.05) is 0 Å². The zero-order chi connectivity index (χ0) is 8.39. The average molecular weight is 162 g/mol. The highest BCUT2D eigenvalue weighted by Gasteiger charge is 2.14. The Morgan fingerprint density at radius 3 is 2.92 bits per heavy atom. The van der Waals surface area contributed by atoms with E-state index in [-0.39, 0.29) is 6.10 Å². The Morgan fingerprint density at radius 1 is 1.17 bits per heavy atom. The first-order valence-electron chi connectivity index (χ1n) is 4.64. The van der Waals surface area contributed by atoms with Gasteiger partial charge < -0.3 is 5.11 Å². The Hall–Kier alpha value is -0.820. The summed E-state index contributed by atoms with van der Waals surface area (Å²) in [4.78, 5) is 0. The molecule has 0 aromatic heterocycles. The van der Waals surface area contributed by atoms with Crippen molar-refractivity contribution in [3.05, 3.63) is 35.4 Å². The predicted molar refractivity (Wildman–Crippen MR) is 49.0 cm³/mol. The summed E-state index contributed by atoms with van der Waals surface area (Å²) in [6.07, 6.45) is 4.21. The van der Waals surface area contributed by atoms with E-state index in [2.05, 4.69) is 12.1 Å². The van der Waals surface area contributed by atoms with E-state index in [1.807, 2.05) is 12.1 Å². The predicted octanol–water partition coefficient (Wildman–Crippen LogP) is 2.45. The summed E-state index contributed by atoms with van der Waals surface area (Å²) in [5.41, 5.74) is 2.48. The zero-order valence-corrected chi connectivity index (χ0v) is 7.16. The summed E-state index contributed by atoms with van der Waals surface area (Å²) in [7, 11) is 0. The smallest absolute Gasteiger partial charge is 0.0792 e. The van der Waals surface area contributed by atoms with Gasteiger partial charge in [-0.2, -0.15) is 0 Å². The molecule has 0 bridgehead atoms. The number of fused-ring (bicyclic) bond motifs is 1. The SMILES string of the molecule is OC1CCCCc2ccccc21. The van der Waals surface area contributed by atoms with Crippen molar-refractivity contribution < 1.29 is 5.11 Å². The molecule has 1 aliphatic rings. The minimum Gasteiger partial charge on any atom is -0.388 e.